The smallest absolute Gasteiger partial charge is 0.202 e. The van der Waals surface area contributed by atoms with Gasteiger partial charge in [0.1, 0.15) is 5.82 Å². The molecule has 0 spiro atoms. The van der Waals surface area contributed by atoms with Crippen LogP contribution in [0.15, 0.2) is 0 Å². The van der Waals surface area contributed by atoms with Gasteiger partial charge < -0.3 is 10.1 Å². The average molecular weight is 241 g/mol. The van der Waals surface area contributed by atoms with E-state index >= 15 is 0 Å². The predicted octanol–water partition coefficient (Wildman–Crippen LogP) is 2.28. The number of ether oxygens (including phenoxy) is 1. The zero-order chi connectivity index (χ0) is 11.6. The second-order valence-electron chi connectivity index (χ2n) is 5.28. The van der Waals surface area contributed by atoms with Crippen LogP contribution < -0.4 is 5.32 Å². The van der Waals surface area contributed by atoms with Crippen molar-refractivity contribution >= 4 is 16.7 Å². The van der Waals surface area contributed by atoms with Gasteiger partial charge in [0.15, 0.2) is 0 Å². The molecule has 1 aromatic rings. The van der Waals surface area contributed by atoms with Crippen LogP contribution in [0, 0.1) is 5.92 Å². The van der Waals surface area contributed by atoms with Crippen LogP contribution in [-0.2, 0) is 10.2 Å². The summed E-state index contributed by atoms with van der Waals surface area (Å²) < 4.78 is 9.70. The van der Waals surface area contributed by atoms with E-state index in [-0.39, 0.29) is 5.41 Å². The summed E-state index contributed by atoms with van der Waals surface area (Å²) in [5, 5.41) is 4.27. The first-order chi connectivity index (χ1) is 7.55. The normalized spacial score (nSPS) is 21.3. The molecule has 1 aliphatic rings. The SMILES string of the molecule is CC(C)(C)c1nsc(NCC2CCOC2)n1. The maximum absolute atomic E-state index is 5.33. The molecule has 0 saturated carbocycles. The Morgan fingerprint density at radius 3 is 2.88 bits per heavy atom. The molecule has 5 heteroatoms. The molecular formula is C11H19N3OS. The zero-order valence-corrected chi connectivity index (χ0v) is 10.9. The Morgan fingerprint density at radius 2 is 2.31 bits per heavy atom. The van der Waals surface area contributed by atoms with Crippen LogP contribution in [0.1, 0.15) is 33.0 Å². The molecular weight excluding hydrogens is 222 g/mol. The van der Waals surface area contributed by atoms with Gasteiger partial charge in [0, 0.05) is 36.0 Å². The van der Waals surface area contributed by atoms with E-state index in [0.29, 0.717) is 5.92 Å². The van der Waals surface area contributed by atoms with E-state index in [9.17, 15) is 0 Å². The number of hydrogen-bond donors (Lipinski definition) is 1. The molecule has 1 unspecified atom stereocenters. The number of nitrogens with one attached hydrogen (secondary N) is 1. The molecule has 0 amide bonds. The van der Waals surface area contributed by atoms with Gasteiger partial charge in [-0.15, -0.1) is 0 Å². The summed E-state index contributed by atoms with van der Waals surface area (Å²) >= 11 is 1.45. The van der Waals surface area contributed by atoms with E-state index in [2.05, 4.69) is 35.4 Å². The molecule has 4 nitrogen and oxygen atoms in total. The van der Waals surface area contributed by atoms with E-state index in [1.165, 1.54) is 11.5 Å². The Labute approximate surface area is 101 Å². The number of nitrogens with zero attached hydrogens (tertiary/aromatic N) is 2. The van der Waals surface area contributed by atoms with Crippen LogP contribution >= 0.6 is 11.5 Å². The third kappa shape index (κ3) is 2.92. The molecule has 1 saturated heterocycles. The fraction of sp³-hybridized carbons (Fsp3) is 0.818. The molecule has 16 heavy (non-hydrogen) atoms. The van der Waals surface area contributed by atoms with Gasteiger partial charge in [-0.05, 0) is 6.42 Å². The van der Waals surface area contributed by atoms with Crippen LogP contribution in [-0.4, -0.2) is 29.1 Å². The van der Waals surface area contributed by atoms with Gasteiger partial charge in [0.25, 0.3) is 0 Å². The highest BCUT2D eigenvalue weighted by Gasteiger charge is 2.20. The van der Waals surface area contributed by atoms with Crippen LogP contribution in [0.5, 0.6) is 0 Å². The highest BCUT2D eigenvalue weighted by molar-refractivity contribution is 7.09. The monoisotopic (exact) mass is 241 g/mol. The Kier molecular flexibility index (Phi) is 3.44. The van der Waals surface area contributed by atoms with Gasteiger partial charge >= 0.3 is 0 Å². The maximum Gasteiger partial charge on any atom is 0.202 e. The summed E-state index contributed by atoms with van der Waals surface area (Å²) in [4.78, 5) is 4.50. The molecule has 1 aromatic heterocycles. The molecule has 0 bridgehead atoms. The van der Waals surface area contributed by atoms with Gasteiger partial charge in [0.05, 0.1) is 6.61 Å². The molecule has 2 rings (SSSR count). The van der Waals surface area contributed by atoms with Crippen LogP contribution in [0.3, 0.4) is 0 Å². The largest absolute Gasteiger partial charge is 0.381 e. The van der Waals surface area contributed by atoms with Crippen molar-refractivity contribution in [2.45, 2.75) is 32.6 Å². The second-order valence-corrected chi connectivity index (χ2v) is 6.04. The van der Waals surface area contributed by atoms with Crippen molar-refractivity contribution in [1.82, 2.24) is 9.36 Å². The van der Waals surface area contributed by atoms with Crippen molar-refractivity contribution in [2.24, 2.45) is 5.92 Å². The topological polar surface area (TPSA) is 47.0 Å². The first-order valence-electron chi connectivity index (χ1n) is 5.71. The lowest BCUT2D eigenvalue weighted by Gasteiger charge is -2.12. The van der Waals surface area contributed by atoms with Crippen molar-refractivity contribution in [3.05, 3.63) is 5.82 Å². The zero-order valence-electron chi connectivity index (χ0n) is 10.1. The number of hydrogen-bond acceptors (Lipinski definition) is 5. The summed E-state index contributed by atoms with van der Waals surface area (Å²) in [6, 6.07) is 0. The average Bonchev–Trinajstić information content (AvgIpc) is 2.85. The molecule has 90 valence electrons. The lowest BCUT2D eigenvalue weighted by Crippen LogP contribution is -2.15. The Bertz CT molecular complexity index is 339. The quantitative estimate of drug-likeness (QED) is 0.882. The maximum atomic E-state index is 5.33. The lowest BCUT2D eigenvalue weighted by molar-refractivity contribution is 0.187. The first kappa shape index (κ1) is 11.8. The molecule has 1 aliphatic heterocycles. The standard InChI is InChI=1S/C11H19N3OS/c1-11(2,3)9-13-10(16-14-9)12-6-8-4-5-15-7-8/h8H,4-7H2,1-3H3,(H,12,13,14). The van der Waals surface area contributed by atoms with Crippen molar-refractivity contribution in [1.29, 1.82) is 0 Å². The summed E-state index contributed by atoms with van der Waals surface area (Å²) in [7, 11) is 0. The first-order valence-corrected chi connectivity index (χ1v) is 6.49. The highest BCUT2D eigenvalue weighted by atomic mass is 32.1. The van der Waals surface area contributed by atoms with Crippen LogP contribution in [0.25, 0.3) is 0 Å². The second kappa shape index (κ2) is 4.67. The van der Waals surface area contributed by atoms with Gasteiger partial charge in [-0.25, -0.2) is 4.98 Å². The molecule has 0 aromatic carbocycles. The van der Waals surface area contributed by atoms with Crippen molar-refractivity contribution in [3.8, 4) is 0 Å². The predicted molar refractivity (Wildman–Crippen MR) is 66.0 cm³/mol. The van der Waals surface area contributed by atoms with Crippen molar-refractivity contribution in [3.63, 3.8) is 0 Å². The van der Waals surface area contributed by atoms with Crippen molar-refractivity contribution in [2.75, 3.05) is 25.1 Å². The molecule has 2 heterocycles. The number of aromatic nitrogens is 2. The summed E-state index contributed by atoms with van der Waals surface area (Å²) in [6.45, 7) is 9.10. The van der Waals surface area contributed by atoms with E-state index in [1.54, 1.807) is 0 Å². The third-order valence-electron chi connectivity index (χ3n) is 2.66. The lowest BCUT2D eigenvalue weighted by atomic mass is 9.96. The van der Waals surface area contributed by atoms with Crippen molar-refractivity contribution < 1.29 is 4.74 Å². The molecule has 0 aliphatic carbocycles. The molecule has 1 atom stereocenters. The van der Waals surface area contributed by atoms with Gasteiger partial charge in [-0.1, -0.05) is 20.8 Å². The van der Waals surface area contributed by atoms with Gasteiger partial charge in [0.2, 0.25) is 5.13 Å². The van der Waals surface area contributed by atoms with E-state index in [4.69, 9.17) is 4.74 Å². The van der Waals surface area contributed by atoms with E-state index in [1.807, 2.05) is 0 Å². The number of rotatable bonds is 3. The molecule has 1 fully saturated rings. The Hall–Kier alpha value is -0.680. The summed E-state index contributed by atoms with van der Waals surface area (Å²) in [5.41, 5.74) is 0.0346. The van der Waals surface area contributed by atoms with E-state index in [0.717, 1.165) is 37.1 Å². The van der Waals surface area contributed by atoms with Gasteiger partial charge in [-0.3, -0.25) is 0 Å². The van der Waals surface area contributed by atoms with Crippen LogP contribution in [0.4, 0.5) is 5.13 Å². The number of anilines is 1. The fourth-order valence-corrected chi connectivity index (χ4v) is 2.34. The van der Waals surface area contributed by atoms with Crippen LogP contribution in [0.2, 0.25) is 0 Å². The minimum atomic E-state index is 0.0346. The minimum absolute atomic E-state index is 0.0346. The Balaban J connectivity index is 1.87. The Morgan fingerprint density at radius 1 is 1.50 bits per heavy atom. The highest BCUT2D eigenvalue weighted by Crippen LogP contribution is 2.23. The molecule has 1 N–H and O–H groups in total. The summed E-state index contributed by atoms with van der Waals surface area (Å²) in [6.07, 6.45) is 1.15. The minimum Gasteiger partial charge on any atom is -0.381 e. The van der Waals surface area contributed by atoms with Gasteiger partial charge in [-0.2, -0.15) is 4.37 Å². The van der Waals surface area contributed by atoms with E-state index < -0.39 is 0 Å². The third-order valence-corrected chi connectivity index (χ3v) is 3.34. The summed E-state index contributed by atoms with van der Waals surface area (Å²) in [5.74, 6) is 1.55. The molecule has 0 radical (unpaired) electrons. The fourth-order valence-electron chi connectivity index (χ4n) is 1.58.